The van der Waals surface area contributed by atoms with Gasteiger partial charge < -0.3 is 4.57 Å². The maximum Gasteiger partial charge on any atom is 0.177 e. The Bertz CT molecular complexity index is 390. The molecule has 0 atom stereocenters. The molecule has 0 aromatic carbocycles. The van der Waals surface area contributed by atoms with Crippen molar-refractivity contribution in [2.24, 2.45) is 7.05 Å². The molecule has 0 spiro atoms. The van der Waals surface area contributed by atoms with Crippen LogP contribution in [-0.2, 0) is 7.05 Å². The Kier molecular flexibility index (Phi) is 3.01. The summed E-state index contributed by atoms with van der Waals surface area (Å²) in [6.07, 6.45) is 3.60. The molecular weight excluding hydrogens is 162 g/mol. The molecule has 0 aliphatic rings. The van der Waals surface area contributed by atoms with Gasteiger partial charge >= 0.3 is 0 Å². The van der Waals surface area contributed by atoms with Gasteiger partial charge in [-0.1, -0.05) is 13.8 Å². The van der Waals surface area contributed by atoms with Crippen LogP contribution in [0.3, 0.4) is 0 Å². The molecule has 2 rings (SSSR count). The fourth-order valence-electron chi connectivity index (χ4n) is 1.11. The summed E-state index contributed by atoms with van der Waals surface area (Å²) in [6, 6.07) is 2.08. The predicted molar refractivity (Wildman–Crippen MR) is 54.6 cm³/mol. The molecule has 0 N–H and O–H groups in total. The second-order valence-corrected chi connectivity index (χ2v) is 2.71. The van der Waals surface area contributed by atoms with Gasteiger partial charge in [-0.3, -0.25) is 0 Å². The molecule has 2 heterocycles. The maximum atomic E-state index is 4.17. The van der Waals surface area contributed by atoms with Gasteiger partial charge in [0.1, 0.15) is 0 Å². The van der Waals surface area contributed by atoms with Crippen molar-refractivity contribution in [2.75, 3.05) is 0 Å². The van der Waals surface area contributed by atoms with Gasteiger partial charge in [-0.15, -0.1) is 0 Å². The molecule has 0 aliphatic heterocycles. The lowest BCUT2D eigenvalue weighted by Gasteiger charge is -1.93. The van der Waals surface area contributed by atoms with E-state index < -0.39 is 0 Å². The molecule has 3 heteroatoms. The van der Waals surface area contributed by atoms with E-state index in [1.54, 1.807) is 6.33 Å². The van der Waals surface area contributed by atoms with E-state index >= 15 is 0 Å². The molecular formula is C10H15N3. The van der Waals surface area contributed by atoms with Crippen LogP contribution in [-0.4, -0.2) is 14.5 Å². The van der Waals surface area contributed by atoms with Crippen molar-refractivity contribution in [1.29, 1.82) is 0 Å². The van der Waals surface area contributed by atoms with E-state index in [9.17, 15) is 0 Å². The first-order valence-corrected chi connectivity index (χ1v) is 4.51. The third-order valence-electron chi connectivity index (χ3n) is 1.72. The highest BCUT2D eigenvalue weighted by Gasteiger charge is 1.98. The number of hydrogen-bond donors (Lipinski definition) is 0. The van der Waals surface area contributed by atoms with E-state index in [4.69, 9.17) is 0 Å². The summed E-state index contributed by atoms with van der Waals surface area (Å²) in [5.74, 6) is 0. The molecule has 0 unspecified atom stereocenters. The maximum absolute atomic E-state index is 4.17. The van der Waals surface area contributed by atoms with Crippen LogP contribution < -0.4 is 0 Å². The average molecular weight is 177 g/mol. The zero-order chi connectivity index (χ0) is 9.84. The molecule has 0 amide bonds. The Morgan fingerprint density at radius 1 is 1.23 bits per heavy atom. The Balaban J connectivity index is 0.000000396. The number of fused-ring (bicyclic) bond motifs is 1. The normalized spacial score (nSPS) is 9.54. The minimum atomic E-state index is 0.818. The van der Waals surface area contributed by atoms with Crippen LogP contribution in [0.25, 0.3) is 11.2 Å². The first-order chi connectivity index (χ1) is 6.27. The van der Waals surface area contributed by atoms with Crippen LogP contribution in [0.1, 0.15) is 19.4 Å². The largest absolute Gasteiger partial charge is 0.332 e. The van der Waals surface area contributed by atoms with Gasteiger partial charge in [-0.05, 0) is 18.6 Å². The number of rotatable bonds is 0. The molecule has 2 aromatic heterocycles. The van der Waals surface area contributed by atoms with Gasteiger partial charge in [0.25, 0.3) is 0 Å². The van der Waals surface area contributed by atoms with Crippen LogP contribution >= 0.6 is 0 Å². The van der Waals surface area contributed by atoms with Crippen molar-refractivity contribution in [3.05, 3.63) is 24.2 Å². The molecule has 0 fully saturated rings. The molecule has 0 aliphatic carbocycles. The minimum Gasteiger partial charge on any atom is -0.332 e. The monoisotopic (exact) mass is 177 g/mol. The molecule has 70 valence electrons. The van der Waals surface area contributed by atoms with Crippen LogP contribution in [0.15, 0.2) is 18.6 Å². The van der Waals surface area contributed by atoms with Gasteiger partial charge in [0.15, 0.2) is 5.65 Å². The summed E-state index contributed by atoms with van der Waals surface area (Å²) in [5.41, 5.74) is 3.07. The van der Waals surface area contributed by atoms with E-state index in [1.165, 1.54) is 5.56 Å². The molecule has 3 nitrogen and oxygen atoms in total. The van der Waals surface area contributed by atoms with Crippen molar-refractivity contribution in [3.8, 4) is 0 Å². The van der Waals surface area contributed by atoms with Crippen LogP contribution in [0.5, 0.6) is 0 Å². The van der Waals surface area contributed by atoms with Crippen molar-refractivity contribution in [3.63, 3.8) is 0 Å². The Morgan fingerprint density at radius 3 is 2.62 bits per heavy atom. The van der Waals surface area contributed by atoms with Crippen LogP contribution in [0.4, 0.5) is 0 Å². The zero-order valence-corrected chi connectivity index (χ0v) is 8.57. The van der Waals surface area contributed by atoms with Gasteiger partial charge in [-0.25, -0.2) is 9.97 Å². The van der Waals surface area contributed by atoms with Gasteiger partial charge in [0.05, 0.1) is 11.8 Å². The van der Waals surface area contributed by atoms with E-state index in [1.807, 2.05) is 38.6 Å². The number of aromatic nitrogens is 3. The lowest BCUT2D eigenvalue weighted by atomic mass is 10.3. The van der Waals surface area contributed by atoms with E-state index in [0.717, 1.165) is 11.2 Å². The zero-order valence-electron chi connectivity index (χ0n) is 8.57. The number of hydrogen-bond acceptors (Lipinski definition) is 2. The Labute approximate surface area is 78.4 Å². The minimum absolute atomic E-state index is 0.818. The lowest BCUT2D eigenvalue weighted by Crippen LogP contribution is -1.85. The first kappa shape index (κ1) is 9.71. The Morgan fingerprint density at radius 2 is 1.92 bits per heavy atom. The third-order valence-corrected chi connectivity index (χ3v) is 1.72. The second kappa shape index (κ2) is 4.03. The SMILES string of the molecule is CC.Cc1cnc2ncn(C)c2c1. The van der Waals surface area contributed by atoms with Crippen molar-refractivity contribution in [1.82, 2.24) is 14.5 Å². The smallest absolute Gasteiger partial charge is 0.177 e. The summed E-state index contributed by atoms with van der Waals surface area (Å²) in [4.78, 5) is 8.28. The topological polar surface area (TPSA) is 30.7 Å². The highest BCUT2D eigenvalue weighted by atomic mass is 15.0. The van der Waals surface area contributed by atoms with E-state index in [0.29, 0.717) is 0 Å². The standard InChI is InChI=1S/C8H9N3.C2H6/c1-6-3-7-8(9-4-6)10-5-11(7)2;1-2/h3-5H,1-2H3;1-2H3. The molecule has 0 saturated carbocycles. The Hall–Kier alpha value is -1.38. The van der Waals surface area contributed by atoms with Crippen molar-refractivity contribution >= 4 is 11.2 Å². The number of nitrogens with zero attached hydrogens (tertiary/aromatic N) is 3. The third kappa shape index (κ3) is 1.86. The highest BCUT2D eigenvalue weighted by molar-refractivity contribution is 5.70. The fourth-order valence-corrected chi connectivity index (χ4v) is 1.11. The fraction of sp³-hybridized carbons (Fsp3) is 0.400. The summed E-state index contributed by atoms with van der Waals surface area (Å²) in [5, 5.41) is 0. The average Bonchev–Trinajstić information content (AvgIpc) is 2.52. The van der Waals surface area contributed by atoms with Gasteiger partial charge in [-0.2, -0.15) is 0 Å². The number of aryl methyl sites for hydroxylation is 2. The van der Waals surface area contributed by atoms with Crippen molar-refractivity contribution < 1.29 is 0 Å². The summed E-state index contributed by atoms with van der Waals surface area (Å²) in [7, 11) is 1.97. The predicted octanol–water partition coefficient (Wildman–Crippen LogP) is 2.30. The second-order valence-electron chi connectivity index (χ2n) is 2.71. The molecule has 0 saturated heterocycles. The van der Waals surface area contributed by atoms with E-state index in [2.05, 4.69) is 16.0 Å². The van der Waals surface area contributed by atoms with E-state index in [-0.39, 0.29) is 0 Å². The highest BCUT2D eigenvalue weighted by Crippen LogP contribution is 2.09. The van der Waals surface area contributed by atoms with Gasteiger partial charge in [0, 0.05) is 13.2 Å². The summed E-state index contributed by atoms with van der Waals surface area (Å²) >= 11 is 0. The quantitative estimate of drug-likeness (QED) is 0.618. The summed E-state index contributed by atoms with van der Waals surface area (Å²) in [6.45, 7) is 6.03. The summed E-state index contributed by atoms with van der Waals surface area (Å²) < 4.78 is 1.97. The van der Waals surface area contributed by atoms with Crippen LogP contribution in [0, 0.1) is 6.92 Å². The lowest BCUT2D eigenvalue weighted by molar-refractivity contribution is 0.947. The number of imidazole rings is 1. The van der Waals surface area contributed by atoms with Crippen LogP contribution in [0.2, 0.25) is 0 Å². The number of pyridine rings is 1. The molecule has 0 radical (unpaired) electrons. The molecule has 2 aromatic rings. The van der Waals surface area contributed by atoms with Gasteiger partial charge in [0.2, 0.25) is 0 Å². The van der Waals surface area contributed by atoms with Crippen molar-refractivity contribution in [2.45, 2.75) is 20.8 Å². The molecule has 13 heavy (non-hydrogen) atoms. The molecule has 0 bridgehead atoms. The first-order valence-electron chi connectivity index (χ1n) is 4.51.